The predicted molar refractivity (Wildman–Crippen MR) is 75.5 cm³/mol. The first-order chi connectivity index (χ1) is 9.06. The van der Waals surface area contributed by atoms with Crippen LogP contribution in [0, 0.1) is 12.7 Å². The zero-order valence-electron chi connectivity index (χ0n) is 12.2. The van der Waals surface area contributed by atoms with Gasteiger partial charge in [0, 0.05) is 25.9 Å². The van der Waals surface area contributed by atoms with Gasteiger partial charge < -0.3 is 13.3 Å². The van der Waals surface area contributed by atoms with Gasteiger partial charge >= 0.3 is 8.80 Å². The molecule has 0 aliphatic rings. The molecule has 0 radical (unpaired) electrons. The van der Waals surface area contributed by atoms with E-state index < -0.39 is 8.80 Å². The average Bonchev–Trinajstić information content (AvgIpc) is 2.35. The van der Waals surface area contributed by atoms with Crippen molar-refractivity contribution >= 4 is 8.80 Å². The Morgan fingerprint density at radius 2 is 1.53 bits per heavy atom. The Balaban J connectivity index is 2.93. The number of aryl methyl sites for hydroxylation is 1. The molecule has 1 aromatic carbocycles. The van der Waals surface area contributed by atoms with Crippen molar-refractivity contribution in [2.24, 2.45) is 0 Å². The third kappa shape index (κ3) is 4.69. The van der Waals surface area contributed by atoms with E-state index in [9.17, 15) is 4.39 Å². The van der Waals surface area contributed by atoms with Crippen LogP contribution in [-0.4, -0.2) is 28.6 Å². The maximum Gasteiger partial charge on any atom is 0.505 e. The number of benzene rings is 1. The van der Waals surface area contributed by atoms with E-state index in [1.54, 1.807) is 13.0 Å². The van der Waals surface area contributed by atoms with Gasteiger partial charge in [-0.15, -0.1) is 0 Å². The van der Waals surface area contributed by atoms with Gasteiger partial charge in [-0.1, -0.05) is 12.1 Å². The van der Waals surface area contributed by atoms with Crippen molar-refractivity contribution in [2.75, 3.05) is 19.8 Å². The lowest BCUT2D eigenvalue weighted by molar-refractivity contribution is 0.0704. The monoisotopic (exact) mass is 286 g/mol. The lowest BCUT2D eigenvalue weighted by Gasteiger charge is -2.28. The Kier molecular flexibility index (Phi) is 6.64. The van der Waals surface area contributed by atoms with Crippen LogP contribution in [-0.2, 0) is 19.3 Å². The van der Waals surface area contributed by atoms with Gasteiger partial charge in [-0.25, -0.2) is 4.39 Å². The minimum atomic E-state index is -2.70. The molecule has 1 aromatic rings. The number of hydrogen-bond donors (Lipinski definition) is 0. The molecule has 0 fully saturated rings. The van der Waals surface area contributed by atoms with E-state index in [4.69, 9.17) is 13.3 Å². The molecule has 1 rings (SSSR count). The lowest BCUT2D eigenvalue weighted by atomic mass is 10.1. The summed E-state index contributed by atoms with van der Waals surface area (Å²) in [4.78, 5) is 0. The van der Waals surface area contributed by atoms with Gasteiger partial charge in [0.1, 0.15) is 5.82 Å². The summed E-state index contributed by atoms with van der Waals surface area (Å²) >= 11 is 0. The summed E-state index contributed by atoms with van der Waals surface area (Å²) in [5.41, 5.74) is 1.62. The molecule has 0 aromatic heterocycles. The highest BCUT2D eigenvalue weighted by molar-refractivity contribution is 6.60. The third-order valence-corrected chi connectivity index (χ3v) is 5.76. The molecule has 5 heteroatoms. The Labute approximate surface area is 116 Å². The van der Waals surface area contributed by atoms with Crippen LogP contribution in [0.15, 0.2) is 18.2 Å². The predicted octanol–water partition coefficient (Wildman–Crippen LogP) is 3.26. The van der Waals surface area contributed by atoms with E-state index in [0.717, 1.165) is 5.56 Å². The highest BCUT2D eigenvalue weighted by Crippen LogP contribution is 2.19. The van der Waals surface area contributed by atoms with Gasteiger partial charge in [0.2, 0.25) is 0 Å². The first kappa shape index (κ1) is 16.3. The summed E-state index contributed by atoms with van der Waals surface area (Å²) < 4.78 is 30.6. The molecule has 0 atom stereocenters. The van der Waals surface area contributed by atoms with Gasteiger partial charge in [-0.3, -0.25) is 0 Å². The molecule has 0 amide bonds. The van der Waals surface area contributed by atoms with Crippen LogP contribution in [0.3, 0.4) is 0 Å². The quantitative estimate of drug-likeness (QED) is 0.687. The zero-order chi connectivity index (χ0) is 14.3. The fourth-order valence-corrected chi connectivity index (χ4v) is 4.60. The minimum Gasteiger partial charge on any atom is -0.374 e. The normalized spacial score (nSPS) is 11.8. The maximum atomic E-state index is 13.3. The summed E-state index contributed by atoms with van der Waals surface area (Å²) in [6.45, 7) is 9.18. The van der Waals surface area contributed by atoms with Crippen molar-refractivity contribution in [3.05, 3.63) is 35.1 Å². The van der Waals surface area contributed by atoms with Crippen molar-refractivity contribution in [2.45, 2.75) is 33.7 Å². The molecule has 0 saturated heterocycles. The Morgan fingerprint density at radius 1 is 1.00 bits per heavy atom. The van der Waals surface area contributed by atoms with E-state index in [1.807, 2.05) is 26.8 Å². The number of hydrogen-bond acceptors (Lipinski definition) is 3. The molecule has 0 unspecified atom stereocenters. The van der Waals surface area contributed by atoms with E-state index in [2.05, 4.69) is 0 Å². The molecule has 0 spiro atoms. The van der Waals surface area contributed by atoms with Gasteiger partial charge in [0.05, 0.1) is 0 Å². The standard InChI is InChI=1S/C14H23FO3Si/c1-5-16-19(17-6-2,18-7-3)11-13-8-9-14(15)12(4)10-13/h8-10H,5-7,11H2,1-4H3. The summed E-state index contributed by atoms with van der Waals surface area (Å²) in [5.74, 6) is -0.194. The van der Waals surface area contributed by atoms with Crippen LogP contribution in [0.2, 0.25) is 0 Å². The molecule has 3 nitrogen and oxygen atoms in total. The van der Waals surface area contributed by atoms with Crippen LogP contribution in [0.4, 0.5) is 4.39 Å². The van der Waals surface area contributed by atoms with Crippen LogP contribution < -0.4 is 0 Å². The van der Waals surface area contributed by atoms with Gasteiger partial charge in [-0.2, -0.15) is 0 Å². The Morgan fingerprint density at radius 3 is 1.95 bits per heavy atom. The lowest BCUT2D eigenvalue weighted by Crippen LogP contribution is -2.48. The first-order valence-electron chi connectivity index (χ1n) is 6.73. The largest absolute Gasteiger partial charge is 0.505 e. The molecule has 0 aliphatic carbocycles. The third-order valence-electron chi connectivity index (χ3n) is 2.74. The number of halogens is 1. The second kappa shape index (κ2) is 7.74. The van der Waals surface area contributed by atoms with Gasteiger partial charge in [-0.05, 0) is 44.9 Å². The summed E-state index contributed by atoms with van der Waals surface area (Å²) in [5, 5.41) is 0. The molecule has 19 heavy (non-hydrogen) atoms. The first-order valence-corrected chi connectivity index (χ1v) is 8.67. The summed E-state index contributed by atoms with van der Waals surface area (Å²) in [6, 6.07) is 5.65. The maximum absolute atomic E-state index is 13.3. The van der Waals surface area contributed by atoms with Crippen LogP contribution in [0.1, 0.15) is 31.9 Å². The Bertz CT molecular complexity index is 381. The van der Waals surface area contributed by atoms with Crippen molar-refractivity contribution in [1.29, 1.82) is 0 Å². The second-order valence-electron chi connectivity index (χ2n) is 4.24. The number of rotatable bonds is 8. The summed E-state index contributed by atoms with van der Waals surface area (Å²) in [6.07, 6.45) is 0. The molecule has 0 N–H and O–H groups in total. The van der Waals surface area contributed by atoms with Crippen LogP contribution in [0.25, 0.3) is 0 Å². The van der Waals surface area contributed by atoms with Crippen molar-refractivity contribution < 1.29 is 17.7 Å². The van der Waals surface area contributed by atoms with Crippen molar-refractivity contribution in [3.63, 3.8) is 0 Å². The topological polar surface area (TPSA) is 27.7 Å². The fraction of sp³-hybridized carbons (Fsp3) is 0.571. The van der Waals surface area contributed by atoms with Gasteiger partial charge in [0.25, 0.3) is 0 Å². The van der Waals surface area contributed by atoms with Gasteiger partial charge in [0.15, 0.2) is 0 Å². The fourth-order valence-electron chi connectivity index (χ4n) is 2.00. The molecule has 0 heterocycles. The highest BCUT2D eigenvalue weighted by atomic mass is 28.4. The van der Waals surface area contributed by atoms with E-state index in [1.165, 1.54) is 6.07 Å². The van der Waals surface area contributed by atoms with E-state index >= 15 is 0 Å². The molecule has 108 valence electrons. The Hall–Kier alpha value is -0.753. The van der Waals surface area contributed by atoms with E-state index in [0.29, 0.717) is 31.4 Å². The highest BCUT2D eigenvalue weighted by Gasteiger charge is 2.40. The van der Waals surface area contributed by atoms with Crippen LogP contribution >= 0.6 is 0 Å². The summed E-state index contributed by atoms with van der Waals surface area (Å²) in [7, 11) is -2.70. The molecule has 0 bridgehead atoms. The van der Waals surface area contributed by atoms with E-state index in [-0.39, 0.29) is 5.82 Å². The smallest absolute Gasteiger partial charge is 0.374 e. The minimum absolute atomic E-state index is 0.194. The van der Waals surface area contributed by atoms with Crippen LogP contribution in [0.5, 0.6) is 0 Å². The SMILES string of the molecule is CCO[Si](Cc1ccc(F)c(C)c1)(OCC)OCC. The molecular formula is C14H23FO3Si. The second-order valence-corrected chi connectivity index (χ2v) is 6.83. The average molecular weight is 286 g/mol. The molecule has 0 saturated carbocycles. The molecule has 0 aliphatic heterocycles. The zero-order valence-corrected chi connectivity index (χ0v) is 13.2. The van der Waals surface area contributed by atoms with Crippen molar-refractivity contribution in [3.8, 4) is 0 Å². The van der Waals surface area contributed by atoms with Crippen molar-refractivity contribution in [1.82, 2.24) is 0 Å². The molecular weight excluding hydrogens is 263 g/mol.